The zero-order valence-corrected chi connectivity index (χ0v) is 22.2. The molecule has 8 heteroatoms. The number of likely N-dealkylation sites (tertiary alicyclic amines) is 1. The molecular weight excluding hydrogens is 504 g/mol. The molecule has 2 heterocycles. The minimum atomic E-state index is -0.232. The van der Waals surface area contributed by atoms with Gasteiger partial charge in [0.15, 0.2) is 0 Å². The lowest BCUT2D eigenvalue weighted by Crippen LogP contribution is -2.44. The second-order valence-electron chi connectivity index (χ2n) is 9.46. The topological polar surface area (TPSA) is 74.3 Å². The molecule has 0 unspecified atom stereocenters. The number of nitrogens with zero attached hydrogens (tertiary/aromatic N) is 2. The van der Waals surface area contributed by atoms with Crippen LogP contribution in [-0.4, -0.2) is 40.8 Å². The van der Waals surface area contributed by atoms with Crippen LogP contribution in [0.5, 0.6) is 0 Å². The first-order valence-corrected chi connectivity index (χ1v) is 13.7. The first kappa shape index (κ1) is 25.4. The summed E-state index contributed by atoms with van der Waals surface area (Å²) in [7, 11) is 0. The van der Waals surface area contributed by atoms with Gasteiger partial charge in [-0.1, -0.05) is 54.1 Å². The first-order chi connectivity index (χ1) is 17.9. The average Bonchev–Trinajstić information content (AvgIpc) is 3.29. The van der Waals surface area contributed by atoms with E-state index in [1.807, 2.05) is 37.3 Å². The summed E-state index contributed by atoms with van der Waals surface area (Å²) in [5.74, 6) is -0.239. The Labute approximate surface area is 225 Å². The molecule has 1 fully saturated rings. The van der Waals surface area contributed by atoms with Gasteiger partial charge in [-0.05, 0) is 55.2 Å². The Morgan fingerprint density at radius 1 is 1.05 bits per heavy atom. The summed E-state index contributed by atoms with van der Waals surface area (Å²) in [6, 6.07) is 21.6. The molecule has 3 aromatic carbocycles. The quantitative estimate of drug-likeness (QED) is 0.314. The number of nitrogens with one attached hydrogen (secondary N) is 2. The molecule has 0 atom stereocenters. The largest absolute Gasteiger partial charge is 0.353 e. The van der Waals surface area contributed by atoms with Crippen molar-refractivity contribution in [1.29, 1.82) is 0 Å². The fraction of sp³-hybridized carbons (Fsp3) is 0.276. The molecule has 6 nitrogen and oxygen atoms in total. The van der Waals surface area contributed by atoms with Crippen LogP contribution in [0.4, 0.5) is 5.69 Å². The minimum absolute atomic E-state index is 0.00673. The molecule has 1 aliphatic heterocycles. The summed E-state index contributed by atoms with van der Waals surface area (Å²) < 4.78 is 0.876. The summed E-state index contributed by atoms with van der Waals surface area (Å²) in [5.41, 5.74) is 4.14. The number of para-hydroxylation sites is 1. The number of thiazole rings is 1. The highest BCUT2D eigenvalue weighted by atomic mass is 35.5. The third-order valence-corrected chi connectivity index (χ3v) is 8.00. The van der Waals surface area contributed by atoms with Crippen molar-refractivity contribution in [2.24, 2.45) is 0 Å². The van der Waals surface area contributed by atoms with E-state index in [4.69, 9.17) is 11.6 Å². The van der Waals surface area contributed by atoms with Gasteiger partial charge in [-0.2, -0.15) is 0 Å². The Balaban J connectivity index is 1.15. The maximum atomic E-state index is 12.8. The Morgan fingerprint density at radius 3 is 2.59 bits per heavy atom. The summed E-state index contributed by atoms with van der Waals surface area (Å²) in [6.45, 7) is 4.80. The molecule has 2 N–H and O–H groups in total. The maximum absolute atomic E-state index is 12.8. The summed E-state index contributed by atoms with van der Waals surface area (Å²) in [6.07, 6.45) is 2.13. The number of amides is 2. The Bertz CT molecular complexity index is 1390. The van der Waals surface area contributed by atoms with Gasteiger partial charge in [0, 0.05) is 31.2 Å². The fourth-order valence-electron chi connectivity index (χ4n) is 4.66. The highest BCUT2D eigenvalue weighted by Crippen LogP contribution is 2.28. The van der Waals surface area contributed by atoms with Crippen molar-refractivity contribution in [3.05, 3.63) is 93.5 Å². The lowest BCUT2D eigenvalue weighted by Gasteiger charge is -2.32. The van der Waals surface area contributed by atoms with Gasteiger partial charge in [0.25, 0.3) is 5.91 Å². The van der Waals surface area contributed by atoms with E-state index in [2.05, 4.69) is 44.8 Å². The highest BCUT2D eigenvalue weighted by Gasteiger charge is 2.21. The number of rotatable bonds is 7. The van der Waals surface area contributed by atoms with E-state index in [-0.39, 0.29) is 24.3 Å². The zero-order chi connectivity index (χ0) is 25.8. The second kappa shape index (κ2) is 11.4. The lowest BCUT2D eigenvalue weighted by molar-refractivity contribution is -0.121. The maximum Gasteiger partial charge on any atom is 0.255 e. The molecular formula is C29H29ClN4O2S. The Hall–Kier alpha value is -3.26. The standard InChI is InChI=1S/C29H29ClN4O2S/c1-19-6-5-9-23(30)28(19)33-29(36)21-10-11-24-25(16-21)37-27(32-24)17-26(35)31-22-12-14-34(15-13-22)18-20-7-3-2-4-8-20/h2-11,16,22H,12-15,17-18H2,1H3,(H,31,35)(H,33,36). The van der Waals surface area contributed by atoms with Gasteiger partial charge >= 0.3 is 0 Å². The number of halogens is 1. The van der Waals surface area contributed by atoms with Gasteiger partial charge in [0.05, 0.1) is 27.3 Å². The van der Waals surface area contributed by atoms with E-state index in [1.54, 1.807) is 12.1 Å². The van der Waals surface area contributed by atoms with E-state index >= 15 is 0 Å². The third-order valence-electron chi connectivity index (χ3n) is 6.67. The average molecular weight is 533 g/mol. The van der Waals surface area contributed by atoms with Gasteiger partial charge in [-0.15, -0.1) is 11.3 Å². The molecule has 0 aliphatic carbocycles. The van der Waals surface area contributed by atoms with Crippen molar-refractivity contribution in [3.8, 4) is 0 Å². The molecule has 5 rings (SSSR count). The predicted molar refractivity (Wildman–Crippen MR) is 150 cm³/mol. The summed E-state index contributed by atoms with van der Waals surface area (Å²) >= 11 is 7.70. The van der Waals surface area contributed by atoms with Crippen molar-refractivity contribution in [1.82, 2.24) is 15.2 Å². The monoisotopic (exact) mass is 532 g/mol. The number of hydrogen-bond donors (Lipinski definition) is 2. The molecule has 1 saturated heterocycles. The van der Waals surface area contributed by atoms with E-state index in [0.29, 0.717) is 16.3 Å². The molecule has 190 valence electrons. The molecule has 4 aromatic rings. The van der Waals surface area contributed by atoms with Crippen LogP contribution in [0.2, 0.25) is 5.02 Å². The smallest absolute Gasteiger partial charge is 0.255 e. The number of hydrogen-bond acceptors (Lipinski definition) is 5. The van der Waals surface area contributed by atoms with Crippen LogP contribution in [-0.2, 0) is 17.8 Å². The van der Waals surface area contributed by atoms with Crippen LogP contribution >= 0.6 is 22.9 Å². The fourth-order valence-corrected chi connectivity index (χ4v) is 5.93. The van der Waals surface area contributed by atoms with E-state index in [9.17, 15) is 9.59 Å². The van der Waals surface area contributed by atoms with Crippen LogP contribution in [0.3, 0.4) is 0 Å². The number of carbonyl (C=O) groups is 2. The van der Waals surface area contributed by atoms with Crippen LogP contribution in [0.1, 0.15) is 39.3 Å². The van der Waals surface area contributed by atoms with Crippen LogP contribution in [0.25, 0.3) is 10.2 Å². The van der Waals surface area contributed by atoms with Crippen LogP contribution in [0.15, 0.2) is 66.7 Å². The number of benzene rings is 3. The van der Waals surface area contributed by atoms with Gasteiger partial charge in [-0.25, -0.2) is 4.98 Å². The summed E-state index contributed by atoms with van der Waals surface area (Å²) in [5, 5.41) is 7.34. The molecule has 0 spiro atoms. The van der Waals surface area contributed by atoms with E-state index < -0.39 is 0 Å². The third kappa shape index (κ3) is 6.36. The number of piperidine rings is 1. The van der Waals surface area contributed by atoms with Gasteiger partial charge in [0.1, 0.15) is 5.01 Å². The van der Waals surface area contributed by atoms with Crippen molar-refractivity contribution in [2.45, 2.75) is 38.8 Å². The first-order valence-electron chi connectivity index (χ1n) is 12.5. The summed E-state index contributed by atoms with van der Waals surface area (Å²) in [4.78, 5) is 32.6. The number of carbonyl (C=O) groups excluding carboxylic acids is 2. The molecule has 2 amide bonds. The van der Waals surface area contributed by atoms with Crippen LogP contribution < -0.4 is 10.6 Å². The molecule has 0 radical (unpaired) electrons. The SMILES string of the molecule is Cc1cccc(Cl)c1NC(=O)c1ccc2nc(CC(=O)NC3CCN(Cc4ccccc4)CC3)sc2c1. The molecule has 1 aromatic heterocycles. The van der Waals surface area contributed by atoms with Gasteiger partial charge in [0.2, 0.25) is 5.91 Å². The van der Waals surface area contributed by atoms with E-state index in [1.165, 1.54) is 16.9 Å². The van der Waals surface area contributed by atoms with Crippen LogP contribution in [0, 0.1) is 6.92 Å². The number of anilines is 1. The number of aromatic nitrogens is 1. The molecule has 37 heavy (non-hydrogen) atoms. The molecule has 1 aliphatic rings. The van der Waals surface area contributed by atoms with E-state index in [0.717, 1.165) is 53.3 Å². The second-order valence-corrected chi connectivity index (χ2v) is 11.0. The van der Waals surface area contributed by atoms with Gasteiger partial charge in [-0.3, -0.25) is 14.5 Å². The minimum Gasteiger partial charge on any atom is -0.353 e. The molecule has 0 saturated carbocycles. The van der Waals surface area contributed by atoms with Crippen molar-refractivity contribution >= 4 is 50.7 Å². The highest BCUT2D eigenvalue weighted by molar-refractivity contribution is 7.18. The predicted octanol–water partition coefficient (Wildman–Crippen LogP) is 5.83. The normalized spacial score (nSPS) is 14.5. The zero-order valence-electron chi connectivity index (χ0n) is 20.7. The number of fused-ring (bicyclic) bond motifs is 1. The number of aryl methyl sites for hydroxylation is 1. The van der Waals surface area contributed by atoms with Crippen molar-refractivity contribution in [3.63, 3.8) is 0 Å². The van der Waals surface area contributed by atoms with Gasteiger partial charge < -0.3 is 10.6 Å². The van der Waals surface area contributed by atoms with Crippen molar-refractivity contribution < 1.29 is 9.59 Å². The molecule has 0 bridgehead atoms. The Morgan fingerprint density at radius 2 is 1.84 bits per heavy atom. The lowest BCUT2D eigenvalue weighted by atomic mass is 10.0. The van der Waals surface area contributed by atoms with Crippen molar-refractivity contribution in [2.75, 3.05) is 18.4 Å². The Kier molecular flexibility index (Phi) is 7.84.